The molecule has 0 aliphatic carbocycles. The van der Waals surface area contributed by atoms with E-state index in [1.807, 2.05) is 44.2 Å². The fourth-order valence-electron chi connectivity index (χ4n) is 2.39. The van der Waals surface area contributed by atoms with Crippen LogP contribution in [0.1, 0.15) is 37.8 Å². The first kappa shape index (κ1) is 16.0. The normalized spacial score (nSPS) is 13.4. The molecule has 0 aliphatic rings. The van der Waals surface area contributed by atoms with E-state index in [2.05, 4.69) is 16.9 Å². The SMILES string of the molecule is C=C(C)CC(C)C(=O)NC(Cc1ccccc1)c1ncco1. The summed E-state index contributed by atoms with van der Waals surface area (Å²) in [4.78, 5) is 16.5. The molecule has 0 bridgehead atoms. The number of aromatic nitrogens is 1. The maximum Gasteiger partial charge on any atom is 0.223 e. The Hall–Kier alpha value is -2.36. The largest absolute Gasteiger partial charge is 0.447 e. The number of hydrogen-bond donors (Lipinski definition) is 1. The lowest BCUT2D eigenvalue weighted by atomic mass is 10.0. The summed E-state index contributed by atoms with van der Waals surface area (Å²) >= 11 is 0. The van der Waals surface area contributed by atoms with Crippen molar-refractivity contribution in [2.24, 2.45) is 5.92 Å². The summed E-state index contributed by atoms with van der Waals surface area (Å²) in [6.07, 6.45) is 4.44. The van der Waals surface area contributed by atoms with E-state index in [1.54, 1.807) is 6.20 Å². The van der Waals surface area contributed by atoms with E-state index in [9.17, 15) is 4.79 Å². The number of oxazole rings is 1. The van der Waals surface area contributed by atoms with E-state index in [4.69, 9.17) is 4.42 Å². The number of allylic oxidation sites excluding steroid dienone is 1. The standard InChI is InChI=1S/C18H22N2O2/c1-13(2)11-14(3)17(21)20-16(18-19-9-10-22-18)12-15-7-5-4-6-8-15/h4-10,14,16H,1,11-12H2,2-3H3,(H,20,21). The number of nitrogens with one attached hydrogen (secondary N) is 1. The molecule has 0 saturated heterocycles. The topological polar surface area (TPSA) is 55.1 Å². The van der Waals surface area contributed by atoms with Gasteiger partial charge in [0, 0.05) is 12.3 Å². The van der Waals surface area contributed by atoms with Crippen LogP contribution in [0.4, 0.5) is 0 Å². The third-order valence-corrected chi connectivity index (χ3v) is 3.45. The third-order valence-electron chi connectivity index (χ3n) is 3.45. The second-order valence-corrected chi connectivity index (χ2v) is 5.68. The molecule has 2 unspecified atom stereocenters. The van der Waals surface area contributed by atoms with Crippen molar-refractivity contribution in [3.63, 3.8) is 0 Å². The molecule has 2 rings (SSSR count). The Labute approximate surface area is 131 Å². The summed E-state index contributed by atoms with van der Waals surface area (Å²) in [6.45, 7) is 7.70. The van der Waals surface area contributed by atoms with Crippen molar-refractivity contribution in [3.8, 4) is 0 Å². The highest BCUT2D eigenvalue weighted by molar-refractivity contribution is 5.78. The summed E-state index contributed by atoms with van der Waals surface area (Å²) in [6, 6.07) is 9.72. The van der Waals surface area contributed by atoms with Crippen LogP contribution >= 0.6 is 0 Å². The highest BCUT2D eigenvalue weighted by Gasteiger charge is 2.22. The summed E-state index contributed by atoms with van der Waals surface area (Å²) in [7, 11) is 0. The molecule has 0 fully saturated rings. The number of rotatable bonds is 7. The summed E-state index contributed by atoms with van der Waals surface area (Å²) < 4.78 is 5.39. The smallest absolute Gasteiger partial charge is 0.223 e. The van der Waals surface area contributed by atoms with Crippen molar-refractivity contribution < 1.29 is 9.21 Å². The molecule has 1 aromatic heterocycles. The minimum Gasteiger partial charge on any atom is -0.447 e. The summed E-state index contributed by atoms with van der Waals surface area (Å²) in [5, 5.41) is 3.04. The van der Waals surface area contributed by atoms with Gasteiger partial charge in [0.2, 0.25) is 11.8 Å². The highest BCUT2D eigenvalue weighted by atomic mass is 16.3. The third kappa shape index (κ3) is 4.58. The lowest BCUT2D eigenvalue weighted by Gasteiger charge is -2.19. The minimum atomic E-state index is -0.266. The second kappa shape index (κ2) is 7.59. The molecular formula is C18H22N2O2. The fourth-order valence-corrected chi connectivity index (χ4v) is 2.39. The first-order valence-corrected chi connectivity index (χ1v) is 7.44. The van der Waals surface area contributed by atoms with Gasteiger partial charge in [-0.3, -0.25) is 4.79 Å². The van der Waals surface area contributed by atoms with Crippen LogP contribution in [-0.2, 0) is 11.2 Å². The van der Waals surface area contributed by atoms with E-state index < -0.39 is 0 Å². The van der Waals surface area contributed by atoms with E-state index >= 15 is 0 Å². The zero-order valence-electron chi connectivity index (χ0n) is 13.1. The van der Waals surface area contributed by atoms with Gasteiger partial charge in [-0.15, -0.1) is 6.58 Å². The van der Waals surface area contributed by atoms with Gasteiger partial charge in [-0.05, 0) is 18.9 Å². The number of nitrogens with zero attached hydrogens (tertiary/aromatic N) is 1. The molecule has 4 heteroatoms. The molecule has 4 nitrogen and oxygen atoms in total. The van der Waals surface area contributed by atoms with E-state index in [0.29, 0.717) is 18.7 Å². The number of hydrogen-bond acceptors (Lipinski definition) is 3. The molecule has 2 aromatic rings. The number of carbonyl (C=O) groups is 1. The van der Waals surface area contributed by atoms with E-state index in [-0.39, 0.29) is 17.9 Å². The van der Waals surface area contributed by atoms with Gasteiger partial charge in [0.25, 0.3) is 0 Å². The molecule has 1 heterocycles. The van der Waals surface area contributed by atoms with E-state index in [1.165, 1.54) is 6.26 Å². The van der Waals surface area contributed by atoms with Gasteiger partial charge < -0.3 is 9.73 Å². The van der Waals surface area contributed by atoms with Gasteiger partial charge in [-0.2, -0.15) is 0 Å². The predicted octanol–water partition coefficient (Wildman–Crippen LogP) is 3.68. The maximum absolute atomic E-state index is 12.4. The molecule has 0 radical (unpaired) electrons. The van der Waals surface area contributed by atoms with Gasteiger partial charge in [0.15, 0.2) is 0 Å². The van der Waals surface area contributed by atoms with Crippen LogP contribution in [0.2, 0.25) is 0 Å². The lowest BCUT2D eigenvalue weighted by Crippen LogP contribution is -2.34. The second-order valence-electron chi connectivity index (χ2n) is 5.68. The minimum absolute atomic E-state index is 0.0119. The van der Waals surface area contributed by atoms with Crippen molar-refractivity contribution >= 4 is 5.91 Å². The molecule has 0 aliphatic heterocycles. The number of amides is 1. The zero-order chi connectivity index (χ0) is 15.9. The van der Waals surface area contributed by atoms with Crippen molar-refractivity contribution in [1.29, 1.82) is 0 Å². The van der Waals surface area contributed by atoms with Gasteiger partial charge in [-0.1, -0.05) is 42.8 Å². The Morgan fingerprint density at radius 3 is 2.68 bits per heavy atom. The van der Waals surface area contributed by atoms with Gasteiger partial charge in [0.1, 0.15) is 12.3 Å². The monoisotopic (exact) mass is 298 g/mol. The average Bonchev–Trinajstić information content (AvgIpc) is 3.01. The van der Waals surface area contributed by atoms with Crippen LogP contribution in [0.15, 0.2) is 59.4 Å². The first-order valence-electron chi connectivity index (χ1n) is 7.44. The van der Waals surface area contributed by atoms with Crippen LogP contribution in [0.5, 0.6) is 0 Å². The quantitative estimate of drug-likeness (QED) is 0.793. The van der Waals surface area contributed by atoms with Crippen molar-refractivity contribution in [3.05, 3.63) is 66.4 Å². The molecule has 1 N–H and O–H groups in total. The van der Waals surface area contributed by atoms with Crippen molar-refractivity contribution in [2.45, 2.75) is 32.7 Å². The van der Waals surface area contributed by atoms with Crippen LogP contribution < -0.4 is 5.32 Å². The van der Waals surface area contributed by atoms with Gasteiger partial charge in [-0.25, -0.2) is 4.98 Å². The molecule has 0 spiro atoms. The Morgan fingerprint density at radius 2 is 2.09 bits per heavy atom. The molecule has 1 aromatic carbocycles. The highest BCUT2D eigenvalue weighted by Crippen LogP contribution is 2.19. The van der Waals surface area contributed by atoms with Crippen molar-refractivity contribution in [1.82, 2.24) is 10.3 Å². The molecule has 116 valence electrons. The summed E-state index contributed by atoms with van der Waals surface area (Å²) in [5.74, 6) is 0.396. The lowest BCUT2D eigenvalue weighted by molar-refractivity contribution is -0.125. The van der Waals surface area contributed by atoms with Gasteiger partial charge in [0.05, 0.1) is 6.20 Å². The Balaban J connectivity index is 2.09. The molecule has 2 atom stereocenters. The fraction of sp³-hybridized carbons (Fsp3) is 0.333. The molecular weight excluding hydrogens is 276 g/mol. The number of carbonyl (C=O) groups excluding carboxylic acids is 1. The Morgan fingerprint density at radius 1 is 1.36 bits per heavy atom. The molecule has 22 heavy (non-hydrogen) atoms. The Kier molecular flexibility index (Phi) is 5.53. The molecule has 0 saturated carbocycles. The zero-order valence-corrected chi connectivity index (χ0v) is 13.1. The average molecular weight is 298 g/mol. The molecule has 1 amide bonds. The van der Waals surface area contributed by atoms with Crippen molar-refractivity contribution in [2.75, 3.05) is 0 Å². The maximum atomic E-state index is 12.4. The summed E-state index contributed by atoms with van der Waals surface area (Å²) in [5.41, 5.74) is 2.12. The van der Waals surface area contributed by atoms with Crippen LogP contribution in [-0.4, -0.2) is 10.9 Å². The van der Waals surface area contributed by atoms with E-state index in [0.717, 1.165) is 11.1 Å². The number of benzene rings is 1. The van der Waals surface area contributed by atoms with Crippen LogP contribution in [0.25, 0.3) is 0 Å². The van der Waals surface area contributed by atoms with Gasteiger partial charge >= 0.3 is 0 Å². The van der Waals surface area contributed by atoms with Crippen LogP contribution in [0.3, 0.4) is 0 Å². The Bertz CT molecular complexity index is 605. The first-order chi connectivity index (χ1) is 10.6. The van der Waals surface area contributed by atoms with Crippen LogP contribution in [0, 0.1) is 5.92 Å². The predicted molar refractivity (Wildman–Crippen MR) is 86.1 cm³/mol.